The molecule has 1 aliphatic rings. The maximum absolute atomic E-state index is 12.2. The molecule has 7 heteroatoms. The average Bonchev–Trinajstić information content (AvgIpc) is 2.54. The third-order valence-electron chi connectivity index (χ3n) is 4.34. The van der Waals surface area contributed by atoms with Crippen molar-refractivity contribution < 1.29 is 13.3 Å². The molecule has 0 spiro atoms. The second-order valence-electron chi connectivity index (χ2n) is 5.90. The number of nitrogens with one attached hydrogen (secondary N) is 1. The Morgan fingerprint density at radius 3 is 2.58 bits per heavy atom. The van der Waals surface area contributed by atoms with Crippen LogP contribution in [0.2, 0.25) is 0 Å². The summed E-state index contributed by atoms with van der Waals surface area (Å²) in [5.74, 6) is 0.0497. The summed E-state index contributed by atoms with van der Waals surface area (Å²) in [7, 11) is -3.47. The van der Waals surface area contributed by atoms with Gasteiger partial charge in [-0.15, -0.1) is 0 Å². The smallest absolute Gasteiger partial charge is 0.258 e. The van der Waals surface area contributed by atoms with Gasteiger partial charge in [-0.25, -0.2) is 13.1 Å². The van der Waals surface area contributed by atoms with Crippen LogP contribution >= 0.6 is 0 Å². The zero-order chi connectivity index (χ0) is 17.2. The molecule has 0 bridgehead atoms. The van der Waals surface area contributed by atoms with Crippen molar-refractivity contribution >= 4 is 15.7 Å². The number of nitro benzene ring substituents is 1. The van der Waals surface area contributed by atoms with Crippen LogP contribution in [0.3, 0.4) is 0 Å². The minimum atomic E-state index is -3.47. The van der Waals surface area contributed by atoms with Gasteiger partial charge in [-0.2, -0.15) is 0 Å². The zero-order valence-electron chi connectivity index (χ0n) is 13.0. The Balaban J connectivity index is 1.57. The van der Waals surface area contributed by atoms with Gasteiger partial charge in [-0.05, 0) is 24.0 Å². The highest BCUT2D eigenvalue weighted by atomic mass is 32.2. The molecular formula is C17H18N2O4S. The molecule has 1 N–H and O–H groups in total. The van der Waals surface area contributed by atoms with Crippen LogP contribution < -0.4 is 4.72 Å². The summed E-state index contributed by atoms with van der Waals surface area (Å²) in [6.07, 6.45) is 0.997. The Morgan fingerprint density at radius 2 is 1.83 bits per heavy atom. The fourth-order valence-electron chi connectivity index (χ4n) is 2.99. The van der Waals surface area contributed by atoms with Crippen LogP contribution in [-0.4, -0.2) is 25.6 Å². The first-order valence-electron chi connectivity index (χ1n) is 7.74. The number of hydrogen-bond donors (Lipinski definition) is 1. The number of nitro groups is 1. The molecule has 0 fully saturated rings. The van der Waals surface area contributed by atoms with Crippen LogP contribution in [0.15, 0.2) is 48.5 Å². The topological polar surface area (TPSA) is 89.3 Å². The van der Waals surface area contributed by atoms with Crippen molar-refractivity contribution in [2.75, 3.05) is 12.3 Å². The molecule has 2 aromatic rings. The lowest BCUT2D eigenvalue weighted by molar-refractivity contribution is -0.385. The molecule has 0 saturated heterocycles. The van der Waals surface area contributed by atoms with Crippen molar-refractivity contribution in [3.8, 4) is 0 Å². The van der Waals surface area contributed by atoms with Gasteiger partial charge in [0.1, 0.15) is 0 Å². The molecule has 3 rings (SSSR count). The Hall–Kier alpha value is -2.25. The van der Waals surface area contributed by atoms with E-state index in [9.17, 15) is 18.5 Å². The maximum atomic E-state index is 12.2. The summed E-state index contributed by atoms with van der Waals surface area (Å²) in [6, 6.07) is 14.2. The van der Waals surface area contributed by atoms with E-state index in [0.717, 1.165) is 6.42 Å². The van der Waals surface area contributed by atoms with Gasteiger partial charge in [0.15, 0.2) is 0 Å². The van der Waals surface area contributed by atoms with Crippen molar-refractivity contribution in [2.45, 2.75) is 18.8 Å². The maximum Gasteiger partial charge on any atom is 0.272 e. The van der Waals surface area contributed by atoms with Crippen molar-refractivity contribution in [2.24, 2.45) is 0 Å². The molecule has 0 heterocycles. The van der Waals surface area contributed by atoms with E-state index < -0.39 is 14.9 Å². The van der Waals surface area contributed by atoms with Crippen LogP contribution in [0.4, 0.5) is 5.69 Å². The second kappa shape index (κ2) is 6.70. The van der Waals surface area contributed by atoms with E-state index in [0.29, 0.717) is 12.1 Å². The molecule has 0 aromatic heterocycles. The third-order valence-corrected chi connectivity index (χ3v) is 5.69. The molecule has 6 nitrogen and oxygen atoms in total. The lowest BCUT2D eigenvalue weighted by Crippen LogP contribution is -2.34. The molecule has 24 heavy (non-hydrogen) atoms. The number of para-hydroxylation sites is 1. The monoisotopic (exact) mass is 346 g/mol. The zero-order valence-corrected chi connectivity index (χ0v) is 13.8. The number of rotatable bonds is 7. The van der Waals surface area contributed by atoms with E-state index >= 15 is 0 Å². The highest BCUT2D eigenvalue weighted by molar-refractivity contribution is 7.89. The van der Waals surface area contributed by atoms with E-state index in [2.05, 4.69) is 10.8 Å². The highest BCUT2D eigenvalue weighted by Crippen LogP contribution is 2.34. The highest BCUT2D eigenvalue weighted by Gasteiger charge is 2.26. The lowest BCUT2D eigenvalue weighted by atomic mass is 9.78. The number of hydrogen-bond acceptors (Lipinski definition) is 4. The van der Waals surface area contributed by atoms with Gasteiger partial charge < -0.3 is 0 Å². The van der Waals surface area contributed by atoms with E-state index in [1.54, 1.807) is 18.2 Å². The Morgan fingerprint density at radius 1 is 1.12 bits per heavy atom. The van der Waals surface area contributed by atoms with Crippen LogP contribution in [0.5, 0.6) is 0 Å². The number of benzene rings is 2. The van der Waals surface area contributed by atoms with Crippen molar-refractivity contribution in [1.82, 2.24) is 4.72 Å². The van der Waals surface area contributed by atoms with Crippen molar-refractivity contribution in [3.05, 3.63) is 75.3 Å². The number of aryl methyl sites for hydroxylation is 1. The van der Waals surface area contributed by atoms with Gasteiger partial charge in [0.05, 0.1) is 10.7 Å². The summed E-state index contributed by atoms with van der Waals surface area (Å²) in [4.78, 5) is 10.5. The number of nitrogens with zero attached hydrogens (tertiary/aromatic N) is 1. The normalized spacial score (nSPS) is 16.2. The van der Waals surface area contributed by atoms with Crippen LogP contribution in [0.25, 0.3) is 0 Å². The van der Waals surface area contributed by atoms with Gasteiger partial charge in [0, 0.05) is 24.1 Å². The van der Waals surface area contributed by atoms with Crippen molar-refractivity contribution in [3.63, 3.8) is 0 Å². The summed E-state index contributed by atoms with van der Waals surface area (Å²) < 4.78 is 26.9. The molecule has 126 valence electrons. The first kappa shape index (κ1) is 16.6. The molecule has 0 aliphatic heterocycles. The van der Waals surface area contributed by atoms with E-state index in [4.69, 9.17) is 0 Å². The SMILES string of the molecule is O=[N+]([O-])c1ccccc1CCS(=O)(=O)NC[C@H]1Cc2ccccc21. The summed E-state index contributed by atoms with van der Waals surface area (Å²) in [5.41, 5.74) is 2.85. The molecule has 2 aromatic carbocycles. The summed E-state index contributed by atoms with van der Waals surface area (Å²) >= 11 is 0. The molecule has 0 saturated carbocycles. The molecule has 0 unspecified atom stereocenters. The standard InChI is InChI=1S/C17H18N2O4S/c20-19(21)17-8-4-2-5-13(17)9-10-24(22,23)18-12-15-11-14-6-1-3-7-16(14)15/h1-8,15,18H,9-12H2/t15-/m1/s1. The van der Waals surface area contributed by atoms with Crippen molar-refractivity contribution in [1.29, 1.82) is 0 Å². The fraction of sp³-hybridized carbons (Fsp3) is 0.294. The Kier molecular flexibility index (Phi) is 4.64. The third kappa shape index (κ3) is 3.63. The minimum absolute atomic E-state index is 0.0411. The summed E-state index contributed by atoms with van der Waals surface area (Å²) in [5, 5.41) is 11.0. The van der Waals surface area contributed by atoms with Crippen LogP contribution in [-0.2, 0) is 22.9 Å². The Bertz CT molecular complexity index is 864. The van der Waals surface area contributed by atoms with Crippen LogP contribution in [0, 0.1) is 10.1 Å². The molecular weight excluding hydrogens is 328 g/mol. The van der Waals surface area contributed by atoms with Gasteiger partial charge in [-0.1, -0.05) is 42.5 Å². The largest absolute Gasteiger partial charge is 0.272 e. The molecule has 1 atom stereocenters. The predicted molar refractivity (Wildman–Crippen MR) is 91.5 cm³/mol. The van der Waals surface area contributed by atoms with E-state index in [-0.39, 0.29) is 23.8 Å². The molecule has 0 radical (unpaired) electrons. The van der Waals surface area contributed by atoms with Gasteiger partial charge in [0.25, 0.3) is 5.69 Å². The number of fused-ring (bicyclic) bond motifs is 1. The first-order chi connectivity index (χ1) is 11.5. The van der Waals surface area contributed by atoms with Gasteiger partial charge in [-0.3, -0.25) is 10.1 Å². The summed E-state index contributed by atoms with van der Waals surface area (Å²) in [6.45, 7) is 0.371. The van der Waals surface area contributed by atoms with Crippen LogP contribution in [0.1, 0.15) is 22.6 Å². The average molecular weight is 346 g/mol. The Labute approximate surface area is 140 Å². The quantitative estimate of drug-likeness (QED) is 0.616. The molecule has 0 amide bonds. The van der Waals surface area contributed by atoms with Gasteiger partial charge in [0.2, 0.25) is 10.0 Å². The number of sulfonamides is 1. The predicted octanol–water partition coefficient (Wildman–Crippen LogP) is 2.40. The first-order valence-corrected chi connectivity index (χ1v) is 9.39. The van der Waals surface area contributed by atoms with Gasteiger partial charge >= 0.3 is 0 Å². The lowest BCUT2D eigenvalue weighted by Gasteiger charge is -2.30. The minimum Gasteiger partial charge on any atom is -0.258 e. The van der Waals surface area contributed by atoms with E-state index in [1.165, 1.54) is 17.2 Å². The fourth-order valence-corrected chi connectivity index (χ4v) is 4.08. The van der Waals surface area contributed by atoms with E-state index in [1.807, 2.05) is 18.2 Å². The second-order valence-corrected chi connectivity index (χ2v) is 7.83. The molecule has 1 aliphatic carbocycles.